The van der Waals surface area contributed by atoms with Crippen LogP contribution >= 0.6 is 0 Å². The molecule has 6 heteroatoms. The summed E-state index contributed by atoms with van der Waals surface area (Å²) in [7, 11) is 0. The van der Waals surface area contributed by atoms with Crippen LogP contribution in [0.3, 0.4) is 0 Å². The van der Waals surface area contributed by atoms with Crippen LogP contribution in [0.5, 0.6) is 0 Å². The second-order valence-corrected chi connectivity index (χ2v) is 7.53. The van der Waals surface area contributed by atoms with E-state index in [1.807, 2.05) is 49.2 Å². The smallest absolute Gasteiger partial charge is 0.263 e. The summed E-state index contributed by atoms with van der Waals surface area (Å²) in [5, 5.41) is 4.46. The molecule has 1 aliphatic heterocycles. The van der Waals surface area contributed by atoms with Crippen LogP contribution in [0, 0.1) is 6.92 Å². The lowest BCUT2D eigenvalue weighted by Gasteiger charge is -2.34. The molecule has 28 heavy (non-hydrogen) atoms. The number of carbonyl (C=O) groups excluding carboxylic acids is 1. The van der Waals surface area contributed by atoms with E-state index in [1.165, 1.54) is 10.9 Å². The number of benzene rings is 1. The first kappa shape index (κ1) is 18.5. The molecule has 146 valence electrons. The first-order valence-corrected chi connectivity index (χ1v) is 9.83. The van der Waals surface area contributed by atoms with Crippen LogP contribution in [0.15, 0.2) is 47.5 Å². The fraction of sp³-hybridized carbons (Fsp3) is 0.364. The Morgan fingerprint density at radius 3 is 2.89 bits per heavy atom. The lowest BCUT2D eigenvalue weighted by molar-refractivity contribution is 0.0652. The fourth-order valence-electron chi connectivity index (χ4n) is 3.97. The SMILES string of the molecule is Cc1ccn(CCc2c[nH]c3ccccc23)c(=O)c1C(=O)N1CCNCC1C. The molecule has 0 saturated carbocycles. The van der Waals surface area contributed by atoms with Crippen molar-refractivity contribution in [3.63, 3.8) is 0 Å². The van der Waals surface area contributed by atoms with Crippen LogP contribution in [0.1, 0.15) is 28.4 Å². The van der Waals surface area contributed by atoms with Crippen molar-refractivity contribution in [2.75, 3.05) is 19.6 Å². The third-order valence-corrected chi connectivity index (χ3v) is 5.65. The Bertz CT molecular complexity index is 1070. The third-order valence-electron chi connectivity index (χ3n) is 5.65. The molecule has 1 aliphatic rings. The monoisotopic (exact) mass is 378 g/mol. The van der Waals surface area contributed by atoms with E-state index in [9.17, 15) is 9.59 Å². The Balaban J connectivity index is 1.60. The highest BCUT2D eigenvalue weighted by Gasteiger charge is 2.27. The van der Waals surface area contributed by atoms with Gasteiger partial charge in [0.05, 0.1) is 0 Å². The minimum atomic E-state index is -0.199. The van der Waals surface area contributed by atoms with Gasteiger partial charge in [-0.1, -0.05) is 18.2 Å². The van der Waals surface area contributed by atoms with Crippen molar-refractivity contribution < 1.29 is 4.79 Å². The predicted molar refractivity (Wildman–Crippen MR) is 111 cm³/mol. The van der Waals surface area contributed by atoms with Gasteiger partial charge in [-0.25, -0.2) is 0 Å². The summed E-state index contributed by atoms with van der Waals surface area (Å²) >= 11 is 0. The molecule has 3 aromatic rings. The molecule has 0 spiro atoms. The highest BCUT2D eigenvalue weighted by molar-refractivity contribution is 5.95. The maximum atomic E-state index is 13.1. The predicted octanol–water partition coefficient (Wildman–Crippen LogP) is 2.31. The van der Waals surface area contributed by atoms with E-state index in [0.717, 1.165) is 30.6 Å². The van der Waals surface area contributed by atoms with E-state index in [1.54, 1.807) is 10.8 Å². The molecule has 1 atom stereocenters. The van der Waals surface area contributed by atoms with Gasteiger partial charge in [-0.05, 0) is 43.5 Å². The van der Waals surface area contributed by atoms with Crippen molar-refractivity contribution >= 4 is 16.8 Å². The molecule has 3 heterocycles. The summed E-state index contributed by atoms with van der Waals surface area (Å²) in [6, 6.07) is 10.1. The number of aromatic amines is 1. The van der Waals surface area contributed by atoms with E-state index in [0.29, 0.717) is 18.7 Å². The number of aromatic nitrogens is 2. The van der Waals surface area contributed by atoms with Gasteiger partial charge in [0.2, 0.25) is 0 Å². The van der Waals surface area contributed by atoms with E-state index in [2.05, 4.69) is 16.4 Å². The van der Waals surface area contributed by atoms with Crippen LogP contribution in [0.25, 0.3) is 10.9 Å². The number of fused-ring (bicyclic) bond motifs is 1. The molecular weight excluding hydrogens is 352 g/mol. The maximum absolute atomic E-state index is 13.1. The number of aryl methyl sites for hydroxylation is 3. The number of hydrogen-bond donors (Lipinski definition) is 2. The molecule has 0 aliphatic carbocycles. The van der Waals surface area contributed by atoms with Gasteiger partial charge in [0, 0.05) is 55.5 Å². The zero-order chi connectivity index (χ0) is 19.7. The topological polar surface area (TPSA) is 70.1 Å². The molecule has 0 radical (unpaired) electrons. The van der Waals surface area contributed by atoms with E-state index < -0.39 is 0 Å². The van der Waals surface area contributed by atoms with E-state index in [4.69, 9.17) is 0 Å². The Labute approximate surface area is 164 Å². The number of pyridine rings is 1. The number of carbonyl (C=O) groups is 1. The first-order chi connectivity index (χ1) is 13.6. The Hall–Kier alpha value is -2.86. The van der Waals surface area contributed by atoms with Gasteiger partial charge >= 0.3 is 0 Å². The van der Waals surface area contributed by atoms with Crippen molar-refractivity contribution in [3.05, 3.63) is 69.8 Å². The second kappa shape index (κ2) is 7.64. The van der Waals surface area contributed by atoms with Crippen LogP contribution in [0.2, 0.25) is 0 Å². The number of nitrogens with zero attached hydrogens (tertiary/aromatic N) is 2. The lowest BCUT2D eigenvalue weighted by atomic mass is 10.1. The molecule has 1 unspecified atom stereocenters. The van der Waals surface area contributed by atoms with E-state index >= 15 is 0 Å². The lowest BCUT2D eigenvalue weighted by Crippen LogP contribution is -2.53. The zero-order valence-electron chi connectivity index (χ0n) is 16.4. The van der Waals surface area contributed by atoms with Crippen LogP contribution in [-0.2, 0) is 13.0 Å². The summed E-state index contributed by atoms with van der Waals surface area (Å²) in [6.07, 6.45) is 4.52. The molecular formula is C22H26N4O2. The fourth-order valence-corrected chi connectivity index (χ4v) is 3.97. The molecule has 1 saturated heterocycles. The standard InChI is InChI=1S/C22H26N4O2/c1-15-7-10-25(11-8-17-14-24-19-6-4-3-5-18(17)19)21(27)20(15)22(28)26-12-9-23-13-16(26)2/h3-7,10,14,16,23-24H,8-9,11-13H2,1-2H3. The van der Waals surface area contributed by atoms with Crippen LogP contribution in [0.4, 0.5) is 0 Å². The molecule has 2 aromatic heterocycles. The summed E-state index contributed by atoms with van der Waals surface area (Å²) in [5.41, 5.74) is 3.11. The zero-order valence-corrected chi connectivity index (χ0v) is 16.4. The molecule has 1 aromatic carbocycles. The second-order valence-electron chi connectivity index (χ2n) is 7.53. The number of para-hydroxylation sites is 1. The van der Waals surface area contributed by atoms with Gasteiger partial charge in [-0.3, -0.25) is 9.59 Å². The number of H-pyrrole nitrogens is 1. The van der Waals surface area contributed by atoms with Gasteiger partial charge in [0.15, 0.2) is 0 Å². The average Bonchev–Trinajstić information content (AvgIpc) is 3.11. The minimum absolute atomic E-state index is 0.0833. The molecule has 1 fully saturated rings. The highest BCUT2D eigenvalue weighted by Crippen LogP contribution is 2.18. The molecule has 4 rings (SSSR count). The van der Waals surface area contributed by atoms with Crippen molar-refractivity contribution in [2.45, 2.75) is 32.9 Å². The summed E-state index contributed by atoms with van der Waals surface area (Å²) in [6.45, 7) is 6.54. The molecule has 1 amide bonds. The van der Waals surface area contributed by atoms with Gasteiger partial charge in [-0.2, -0.15) is 0 Å². The maximum Gasteiger partial charge on any atom is 0.263 e. The Morgan fingerprint density at radius 2 is 2.07 bits per heavy atom. The van der Waals surface area contributed by atoms with Crippen LogP contribution in [-0.4, -0.2) is 46.0 Å². The molecule has 0 bridgehead atoms. The van der Waals surface area contributed by atoms with Gasteiger partial charge in [0.25, 0.3) is 11.5 Å². The van der Waals surface area contributed by atoms with Crippen molar-refractivity contribution in [2.24, 2.45) is 0 Å². The summed E-state index contributed by atoms with van der Waals surface area (Å²) < 4.78 is 1.66. The number of nitrogens with one attached hydrogen (secondary N) is 2. The van der Waals surface area contributed by atoms with Crippen molar-refractivity contribution in [1.82, 2.24) is 19.8 Å². The van der Waals surface area contributed by atoms with Gasteiger partial charge < -0.3 is 19.8 Å². The average molecular weight is 378 g/mol. The normalized spacial score (nSPS) is 17.2. The van der Waals surface area contributed by atoms with Crippen molar-refractivity contribution in [1.29, 1.82) is 0 Å². The number of rotatable bonds is 4. The number of amides is 1. The first-order valence-electron chi connectivity index (χ1n) is 9.83. The Morgan fingerprint density at radius 1 is 1.25 bits per heavy atom. The van der Waals surface area contributed by atoms with Gasteiger partial charge in [0.1, 0.15) is 5.56 Å². The van der Waals surface area contributed by atoms with Gasteiger partial charge in [-0.15, -0.1) is 0 Å². The quantitative estimate of drug-likeness (QED) is 0.732. The minimum Gasteiger partial charge on any atom is -0.361 e. The van der Waals surface area contributed by atoms with Crippen LogP contribution < -0.4 is 10.9 Å². The Kier molecular flexibility index (Phi) is 5.05. The number of hydrogen-bond acceptors (Lipinski definition) is 3. The van der Waals surface area contributed by atoms with Crippen molar-refractivity contribution in [3.8, 4) is 0 Å². The largest absolute Gasteiger partial charge is 0.361 e. The highest BCUT2D eigenvalue weighted by atomic mass is 16.2. The van der Waals surface area contributed by atoms with E-state index in [-0.39, 0.29) is 17.5 Å². The summed E-state index contributed by atoms with van der Waals surface area (Å²) in [5.74, 6) is -0.155. The molecule has 2 N–H and O–H groups in total. The third kappa shape index (κ3) is 3.36. The number of piperazine rings is 1. The summed E-state index contributed by atoms with van der Waals surface area (Å²) in [4.78, 5) is 31.3. The molecule has 6 nitrogen and oxygen atoms in total.